The van der Waals surface area contributed by atoms with Crippen LogP contribution in [0.4, 0.5) is 0 Å². The SMILES string of the molecule is NC(N)=NCCN1CCC2(CC1)CC2. The Morgan fingerprint density at radius 1 is 1.14 bits per heavy atom. The first-order valence-electron chi connectivity index (χ1n) is 5.48. The smallest absolute Gasteiger partial charge is 0.185 e. The van der Waals surface area contributed by atoms with Crippen LogP contribution in [-0.2, 0) is 0 Å². The van der Waals surface area contributed by atoms with E-state index in [1.54, 1.807) is 0 Å². The highest BCUT2D eigenvalue weighted by Crippen LogP contribution is 2.53. The Kier molecular flexibility index (Phi) is 2.63. The van der Waals surface area contributed by atoms with Gasteiger partial charge in [0.05, 0.1) is 6.54 Å². The number of hydrogen-bond donors (Lipinski definition) is 2. The molecule has 0 atom stereocenters. The topological polar surface area (TPSA) is 67.6 Å². The number of piperidine rings is 1. The molecular weight excluding hydrogens is 176 g/mol. The highest BCUT2D eigenvalue weighted by atomic mass is 15.1. The van der Waals surface area contributed by atoms with Gasteiger partial charge in [-0.05, 0) is 44.2 Å². The standard InChI is InChI=1S/C10H20N4/c11-9(12)13-5-8-14-6-3-10(1-2-10)4-7-14/h1-8H2,(H4,11,12,13). The molecule has 2 rings (SSSR count). The maximum absolute atomic E-state index is 5.27. The van der Waals surface area contributed by atoms with Crippen LogP contribution in [0.25, 0.3) is 0 Å². The molecule has 1 spiro atoms. The Hall–Kier alpha value is -0.770. The first-order chi connectivity index (χ1) is 6.70. The molecule has 1 aliphatic heterocycles. The van der Waals surface area contributed by atoms with Gasteiger partial charge in [-0.1, -0.05) is 0 Å². The van der Waals surface area contributed by atoms with Gasteiger partial charge in [0.25, 0.3) is 0 Å². The molecule has 1 heterocycles. The molecule has 4 nitrogen and oxygen atoms in total. The summed E-state index contributed by atoms with van der Waals surface area (Å²) in [5.41, 5.74) is 11.3. The predicted octanol–water partition coefficient (Wildman–Crippen LogP) is 0.136. The second kappa shape index (κ2) is 3.77. The Balaban J connectivity index is 1.66. The van der Waals surface area contributed by atoms with Crippen molar-refractivity contribution in [2.24, 2.45) is 21.9 Å². The van der Waals surface area contributed by atoms with Crippen LogP contribution in [0.3, 0.4) is 0 Å². The largest absolute Gasteiger partial charge is 0.370 e. The van der Waals surface area contributed by atoms with Crippen molar-refractivity contribution in [2.45, 2.75) is 25.7 Å². The van der Waals surface area contributed by atoms with Crippen molar-refractivity contribution >= 4 is 5.96 Å². The minimum absolute atomic E-state index is 0.209. The maximum Gasteiger partial charge on any atom is 0.185 e. The third kappa shape index (κ3) is 2.38. The van der Waals surface area contributed by atoms with Crippen LogP contribution in [0, 0.1) is 5.41 Å². The summed E-state index contributed by atoms with van der Waals surface area (Å²) in [6.07, 6.45) is 5.70. The van der Waals surface area contributed by atoms with Crippen molar-refractivity contribution in [1.82, 2.24) is 4.90 Å². The Morgan fingerprint density at radius 3 is 2.29 bits per heavy atom. The fourth-order valence-corrected chi connectivity index (χ4v) is 2.25. The van der Waals surface area contributed by atoms with Crippen molar-refractivity contribution in [1.29, 1.82) is 0 Å². The van der Waals surface area contributed by atoms with Gasteiger partial charge in [0, 0.05) is 6.54 Å². The minimum atomic E-state index is 0.209. The van der Waals surface area contributed by atoms with E-state index in [1.165, 1.54) is 38.8 Å². The van der Waals surface area contributed by atoms with Crippen LogP contribution in [0.15, 0.2) is 4.99 Å². The molecule has 4 heteroatoms. The first-order valence-corrected chi connectivity index (χ1v) is 5.48. The molecule has 0 amide bonds. The molecule has 1 saturated carbocycles. The number of likely N-dealkylation sites (tertiary alicyclic amines) is 1. The fraction of sp³-hybridized carbons (Fsp3) is 0.900. The van der Waals surface area contributed by atoms with Crippen molar-refractivity contribution in [3.05, 3.63) is 0 Å². The zero-order chi connectivity index (χ0) is 10.0. The number of hydrogen-bond acceptors (Lipinski definition) is 2. The van der Waals surface area contributed by atoms with E-state index >= 15 is 0 Å². The normalized spacial score (nSPS) is 24.9. The number of rotatable bonds is 3. The predicted molar refractivity (Wildman–Crippen MR) is 58.0 cm³/mol. The number of aliphatic imine (C=N–C) groups is 1. The van der Waals surface area contributed by atoms with E-state index in [-0.39, 0.29) is 5.96 Å². The Bertz CT molecular complexity index is 218. The van der Waals surface area contributed by atoms with Crippen LogP contribution >= 0.6 is 0 Å². The quantitative estimate of drug-likeness (QED) is 0.498. The van der Waals surface area contributed by atoms with Gasteiger partial charge in [0.2, 0.25) is 0 Å². The van der Waals surface area contributed by atoms with Crippen LogP contribution in [0.5, 0.6) is 0 Å². The van der Waals surface area contributed by atoms with E-state index in [4.69, 9.17) is 11.5 Å². The van der Waals surface area contributed by atoms with E-state index in [0.29, 0.717) is 0 Å². The van der Waals surface area contributed by atoms with Gasteiger partial charge in [0.15, 0.2) is 5.96 Å². The van der Waals surface area contributed by atoms with E-state index in [2.05, 4.69) is 9.89 Å². The van der Waals surface area contributed by atoms with Gasteiger partial charge in [-0.15, -0.1) is 0 Å². The average Bonchev–Trinajstić information content (AvgIpc) is 2.89. The molecule has 0 bridgehead atoms. The van der Waals surface area contributed by atoms with E-state index in [0.717, 1.165) is 18.5 Å². The second-order valence-corrected chi connectivity index (χ2v) is 4.65. The fourth-order valence-electron chi connectivity index (χ4n) is 2.25. The van der Waals surface area contributed by atoms with Crippen LogP contribution in [-0.4, -0.2) is 37.0 Å². The van der Waals surface area contributed by atoms with Crippen molar-refractivity contribution < 1.29 is 0 Å². The van der Waals surface area contributed by atoms with Crippen molar-refractivity contribution in [3.8, 4) is 0 Å². The molecule has 0 aromatic rings. The van der Waals surface area contributed by atoms with Gasteiger partial charge in [0.1, 0.15) is 0 Å². The number of nitrogens with two attached hydrogens (primary N) is 2. The van der Waals surface area contributed by atoms with Gasteiger partial charge >= 0.3 is 0 Å². The monoisotopic (exact) mass is 196 g/mol. The van der Waals surface area contributed by atoms with E-state index in [9.17, 15) is 0 Å². The summed E-state index contributed by atoms with van der Waals surface area (Å²) in [5.74, 6) is 0.209. The molecular formula is C10H20N4. The molecule has 0 aromatic heterocycles. The lowest BCUT2D eigenvalue weighted by Crippen LogP contribution is -2.36. The molecule has 1 saturated heterocycles. The zero-order valence-electron chi connectivity index (χ0n) is 8.71. The molecule has 0 unspecified atom stereocenters. The van der Waals surface area contributed by atoms with Crippen molar-refractivity contribution in [3.63, 3.8) is 0 Å². The summed E-state index contributed by atoms with van der Waals surface area (Å²) in [7, 11) is 0. The Labute approximate surface area is 85.3 Å². The second-order valence-electron chi connectivity index (χ2n) is 4.65. The zero-order valence-corrected chi connectivity index (χ0v) is 8.71. The van der Waals surface area contributed by atoms with Gasteiger partial charge in [-0.25, -0.2) is 0 Å². The molecule has 0 aromatic carbocycles. The summed E-state index contributed by atoms with van der Waals surface area (Å²) >= 11 is 0. The summed E-state index contributed by atoms with van der Waals surface area (Å²) in [4.78, 5) is 6.47. The van der Waals surface area contributed by atoms with E-state index in [1.807, 2.05) is 0 Å². The lowest BCUT2D eigenvalue weighted by Gasteiger charge is -2.31. The third-order valence-electron chi connectivity index (χ3n) is 3.58. The summed E-state index contributed by atoms with van der Waals surface area (Å²) in [5, 5.41) is 0. The summed E-state index contributed by atoms with van der Waals surface area (Å²) in [6, 6.07) is 0. The number of nitrogens with zero attached hydrogens (tertiary/aromatic N) is 2. The molecule has 4 N–H and O–H groups in total. The van der Waals surface area contributed by atoms with Gasteiger partial charge < -0.3 is 16.4 Å². The maximum atomic E-state index is 5.27. The molecule has 0 radical (unpaired) electrons. The lowest BCUT2D eigenvalue weighted by atomic mass is 9.94. The summed E-state index contributed by atoms with van der Waals surface area (Å²) in [6.45, 7) is 4.23. The molecule has 14 heavy (non-hydrogen) atoms. The van der Waals surface area contributed by atoms with Crippen molar-refractivity contribution in [2.75, 3.05) is 26.2 Å². The van der Waals surface area contributed by atoms with Gasteiger partial charge in [-0.2, -0.15) is 0 Å². The molecule has 2 fully saturated rings. The van der Waals surface area contributed by atoms with Crippen LogP contribution in [0.2, 0.25) is 0 Å². The molecule has 2 aliphatic rings. The Morgan fingerprint density at radius 2 is 1.79 bits per heavy atom. The van der Waals surface area contributed by atoms with Crippen LogP contribution in [0.1, 0.15) is 25.7 Å². The first kappa shape index (κ1) is 9.77. The molecule has 80 valence electrons. The van der Waals surface area contributed by atoms with Crippen LogP contribution < -0.4 is 11.5 Å². The lowest BCUT2D eigenvalue weighted by molar-refractivity contribution is 0.177. The van der Waals surface area contributed by atoms with Gasteiger partial charge in [-0.3, -0.25) is 4.99 Å². The number of guanidine groups is 1. The van der Waals surface area contributed by atoms with E-state index < -0.39 is 0 Å². The minimum Gasteiger partial charge on any atom is -0.370 e. The highest BCUT2D eigenvalue weighted by Gasteiger charge is 2.44. The third-order valence-corrected chi connectivity index (χ3v) is 3.58. The average molecular weight is 196 g/mol. The highest BCUT2D eigenvalue weighted by molar-refractivity contribution is 5.75. The summed E-state index contributed by atoms with van der Waals surface area (Å²) < 4.78 is 0. The molecule has 1 aliphatic carbocycles.